The molecule has 0 aromatic carbocycles. The molecule has 0 radical (unpaired) electrons. The minimum Gasteiger partial charge on any atom is -0.396 e. The second-order valence-electron chi connectivity index (χ2n) is 7.53. The molecule has 25 heavy (non-hydrogen) atoms. The van der Waals surface area contributed by atoms with Crippen molar-refractivity contribution in [2.24, 2.45) is 0 Å². The topological polar surface area (TPSA) is 20.2 Å². The molecule has 0 aliphatic heterocycles. The third-order valence-electron chi connectivity index (χ3n) is 5.18. The van der Waals surface area contributed by atoms with Crippen molar-refractivity contribution in [3.05, 3.63) is 0 Å². The Bertz CT molecular complexity index is 230. The van der Waals surface area contributed by atoms with E-state index in [1.807, 2.05) is 0 Å². The van der Waals surface area contributed by atoms with Crippen molar-refractivity contribution < 1.29 is 5.11 Å². The standard InChI is InChI=1S/C22H47OP.ClH/c1-4-7-20-24(21-8-5-2)22(17-6-3)18-15-13-11-9-10-12-14-16-19-23;/h22-23H,4-21H2,1-3H3;1H. The fourth-order valence-corrected chi connectivity index (χ4v) is 7.16. The minimum absolute atomic E-state index is 0. The van der Waals surface area contributed by atoms with Gasteiger partial charge in [0.15, 0.2) is 0 Å². The van der Waals surface area contributed by atoms with Crippen molar-refractivity contribution in [1.82, 2.24) is 0 Å². The van der Waals surface area contributed by atoms with Crippen LogP contribution in [0.25, 0.3) is 0 Å². The van der Waals surface area contributed by atoms with Crippen LogP contribution >= 0.6 is 20.3 Å². The summed E-state index contributed by atoms with van der Waals surface area (Å²) < 4.78 is 0. The van der Waals surface area contributed by atoms with Gasteiger partial charge in [-0.05, 0) is 50.1 Å². The van der Waals surface area contributed by atoms with Gasteiger partial charge in [0.05, 0.1) is 0 Å². The van der Waals surface area contributed by atoms with Crippen LogP contribution in [0.15, 0.2) is 0 Å². The zero-order chi connectivity index (χ0) is 17.9. The van der Waals surface area contributed by atoms with Gasteiger partial charge in [-0.25, -0.2) is 0 Å². The largest absolute Gasteiger partial charge is 0.396 e. The number of halogens is 1. The summed E-state index contributed by atoms with van der Waals surface area (Å²) in [5.74, 6) is 0. The van der Waals surface area contributed by atoms with E-state index in [-0.39, 0.29) is 12.4 Å². The van der Waals surface area contributed by atoms with Crippen molar-refractivity contribution >= 4 is 20.3 Å². The van der Waals surface area contributed by atoms with E-state index in [4.69, 9.17) is 5.11 Å². The Balaban J connectivity index is 0. The number of aliphatic hydroxyl groups is 1. The maximum absolute atomic E-state index is 8.79. The van der Waals surface area contributed by atoms with E-state index in [9.17, 15) is 0 Å². The molecule has 0 amide bonds. The zero-order valence-corrected chi connectivity index (χ0v) is 19.3. The van der Waals surface area contributed by atoms with E-state index in [1.54, 1.807) is 12.3 Å². The van der Waals surface area contributed by atoms with Crippen LogP contribution in [0, 0.1) is 0 Å². The number of aliphatic hydroxyl groups excluding tert-OH is 1. The molecule has 0 aromatic heterocycles. The van der Waals surface area contributed by atoms with Crippen LogP contribution in [-0.4, -0.2) is 29.7 Å². The summed E-state index contributed by atoms with van der Waals surface area (Å²) in [4.78, 5) is 0. The summed E-state index contributed by atoms with van der Waals surface area (Å²) in [6, 6.07) is 0. The normalized spacial score (nSPS) is 12.4. The summed E-state index contributed by atoms with van der Waals surface area (Å²) >= 11 is 0. The van der Waals surface area contributed by atoms with Gasteiger partial charge in [0.2, 0.25) is 0 Å². The molecule has 0 saturated carbocycles. The lowest BCUT2D eigenvalue weighted by molar-refractivity contribution is 0.282. The van der Waals surface area contributed by atoms with Crippen molar-refractivity contribution in [3.63, 3.8) is 0 Å². The Hall–Kier alpha value is 0.680. The van der Waals surface area contributed by atoms with Gasteiger partial charge in [0.25, 0.3) is 0 Å². The molecule has 1 nitrogen and oxygen atoms in total. The molecule has 1 atom stereocenters. The van der Waals surface area contributed by atoms with E-state index < -0.39 is 0 Å². The van der Waals surface area contributed by atoms with E-state index in [2.05, 4.69) is 20.8 Å². The Morgan fingerprint density at radius 3 is 1.52 bits per heavy atom. The van der Waals surface area contributed by atoms with Crippen LogP contribution in [0.1, 0.15) is 117 Å². The number of rotatable bonds is 19. The molecule has 0 saturated heterocycles. The molecule has 0 bridgehead atoms. The lowest BCUT2D eigenvalue weighted by Gasteiger charge is -2.28. The lowest BCUT2D eigenvalue weighted by atomic mass is 10.1. The highest BCUT2D eigenvalue weighted by Gasteiger charge is 2.18. The molecule has 0 rings (SSSR count). The first kappa shape index (κ1) is 27.9. The Labute approximate surface area is 167 Å². The highest BCUT2D eigenvalue weighted by molar-refractivity contribution is 7.58. The average molecular weight is 395 g/mol. The summed E-state index contributed by atoms with van der Waals surface area (Å²) in [7, 11) is 0.300. The van der Waals surface area contributed by atoms with Crippen LogP contribution < -0.4 is 0 Å². The predicted octanol–water partition coefficient (Wildman–Crippen LogP) is 8.16. The molecule has 0 fully saturated rings. The van der Waals surface area contributed by atoms with Crippen molar-refractivity contribution in [2.75, 3.05) is 18.9 Å². The van der Waals surface area contributed by atoms with Crippen molar-refractivity contribution in [3.8, 4) is 0 Å². The fourth-order valence-electron chi connectivity index (χ4n) is 3.59. The summed E-state index contributed by atoms with van der Waals surface area (Å²) in [6.07, 6.45) is 23.8. The second-order valence-corrected chi connectivity index (χ2v) is 10.3. The predicted molar refractivity (Wildman–Crippen MR) is 121 cm³/mol. The molecule has 0 aliphatic rings. The molecule has 3 heteroatoms. The minimum atomic E-state index is 0. The molecule has 0 aromatic rings. The smallest absolute Gasteiger partial charge is 0.0431 e. The van der Waals surface area contributed by atoms with Gasteiger partial charge in [0.1, 0.15) is 0 Å². The van der Waals surface area contributed by atoms with Gasteiger partial charge >= 0.3 is 0 Å². The van der Waals surface area contributed by atoms with E-state index in [0.717, 1.165) is 12.1 Å². The monoisotopic (exact) mass is 394 g/mol. The molecular weight excluding hydrogens is 347 g/mol. The van der Waals surface area contributed by atoms with Gasteiger partial charge in [-0.2, -0.15) is 0 Å². The molecule has 1 N–H and O–H groups in total. The van der Waals surface area contributed by atoms with Gasteiger partial charge in [-0.1, -0.05) is 85.0 Å². The molecule has 154 valence electrons. The van der Waals surface area contributed by atoms with E-state index in [0.29, 0.717) is 14.5 Å². The Kier molecular flexibility index (Phi) is 25.4. The zero-order valence-electron chi connectivity index (χ0n) is 17.6. The number of hydrogen-bond acceptors (Lipinski definition) is 1. The first-order chi connectivity index (χ1) is 11.8. The molecule has 0 heterocycles. The lowest BCUT2D eigenvalue weighted by Crippen LogP contribution is -2.10. The summed E-state index contributed by atoms with van der Waals surface area (Å²) in [6.45, 7) is 7.45. The molecular formula is C22H48ClOP. The van der Waals surface area contributed by atoms with Crippen LogP contribution in [0.2, 0.25) is 0 Å². The highest BCUT2D eigenvalue weighted by atomic mass is 35.5. The molecule has 0 aliphatic carbocycles. The van der Waals surface area contributed by atoms with E-state index in [1.165, 1.54) is 89.9 Å². The number of unbranched alkanes of at least 4 members (excludes halogenated alkanes) is 9. The number of hydrogen-bond donors (Lipinski definition) is 1. The molecule has 0 spiro atoms. The second kappa shape index (κ2) is 22.7. The van der Waals surface area contributed by atoms with Crippen molar-refractivity contribution in [1.29, 1.82) is 0 Å². The van der Waals surface area contributed by atoms with Crippen LogP contribution in [0.5, 0.6) is 0 Å². The average Bonchev–Trinajstić information content (AvgIpc) is 2.60. The first-order valence-corrected chi connectivity index (χ1v) is 12.9. The first-order valence-electron chi connectivity index (χ1n) is 11.1. The molecule has 1 unspecified atom stereocenters. The maximum Gasteiger partial charge on any atom is 0.0431 e. The van der Waals surface area contributed by atoms with Gasteiger partial charge in [-0.15, -0.1) is 20.3 Å². The fraction of sp³-hybridized carbons (Fsp3) is 1.00. The Morgan fingerprint density at radius 1 is 0.600 bits per heavy atom. The quantitative estimate of drug-likeness (QED) is 0.173. The van der Waals surface area contributed by atoms with Gasteiger partial charge < -0.3 is 5.11 Å². The summed E-state index contributed by atoms with van der Waals surface area (Å²) in [5.41, 5.74) is 1.06. The Morgan fingerprint density at radius 2 is 1.08 bits per heavy atom. The third kappa shape index (κ3) is 17.8. The van der Waals surface area contributed by atoms with Gasteiger partial charge in [-0.3, -0.25) is 0 Å². The SMILES string of the molecule is CCCCP(CCCC)C(CCC)CCCCCCCCCCO.Cl. The van der Waals surface area contributed by atoms with Crippen molar-refractivity contribution in [2.45, 2.75) is 123 Å². The van der Waals surface area contributed by atoms with E-state index >= 15 is 0 Å². The maximum atomic E-state index is 8.79. The van der Waals surface area contributed by atoms with Crippen LogP contribution in [0.4, 0.5) is 0 Å². The highest BCUT2D eigenvalue weighted by Crippen LogP contribution is 2.47. The van der Waals surface area contributed by atoms with Gasteiger partial charge in [0, 0.05) is 6.61 Å². The van der Waals surface area contributed by atoms with Crippen LogP contribution in [0.3, 0.4) is 0 Å². The van der Waals surface area contributed by atoms with Crippen LogP contribution in [-0.2, 0) is 0 Å². The third-order valence-corrected chi connectivity index (χ3v) is 8.51. The summed E-state index contributed by atoms with van der Waals surface area (Å²) in [5, 5.41) is 8.79.